The summed E-state index contributed by atoms with van der Waals surface area (Å²) in [6.45, 7) is 4.41. The summed E-state index contributed by atoms with van der Waals surface area (Å²) in [6.07, 6.45) is 1.67. The van der Waals surface area contributed by atoms with E-state index in [0.29, 0.717) is 10.8 Å². The van der Waals surface area contributed by atoms with Crippen LogP contribution in [0.15, 0.2) is 38.5 Å². The molecule has 2 heterocycles. The van der Waals surface area contributed by atoms with Crippen molar-refractivity contribution in [2.24, 2.45) is 0 Å². The molecule has 7 heteroatoms. The monoisotopic (exact) mass is 374 g/mol. The van der Waals surface area contributed by atoms with E-state index >= 15 is 0 Å². The fourth-order valence-electron chi connectivity index (χ4n) is 1.73. The van der Waals surface area contributed by atoms with E-state index in [0.717, 1.165) is 15.0 Å². The van der Waals surface area contributed by atoms with E-state index in [1.807, 2.05) is 32.0 Å². The molecule has 0 aliphatic carbocycles. The molecule has 0 atom stereocenters. The van der Waals surface area contributed by atoms with E-state index in [1.54, 1.807) is 12.3 Å². The lowest BCUT2D eigenvalue weighted by Gasteiger charge is -2.18. The highest BCUT2D eigenvalue weighted by Crippen LogP contribution is 2.32. The molecular weight excluding hydrogens is 360 g/mol. The molecule has 0 unspecified atom stereocenters. The van der Waals surface area contributed by atoms with Gasteiger partial charge in [-0.05, 0) is 46.6 Å². The molecule has 0 aromatic carbocycles. The van der Waals surface area contributed by atoms with E-state index in [2.05, 4.69) is 20.9 Å². The Morgan fingerprint density at radius 1 is 1.40 bits per heavy atom. The lowest BCUT2D eigenvalue weighted by Crippen LogP contribution is -2.30. The molecule has 0 saturated heterocycles. The maximum Gasteiger partial charge on any atom is 0.252 e. The fourth-order valence-corrected chi connectivity index (χ4v) is 5.53. The number of sulfonamides is 1. The standard InChI is InChI=1S/C13H15BrN2O2S2/c1-3-16(9-11-6-4-5-7-15-11)20(17,18)12-8-10(2)13(14)19-12/h4-8H,3,9H2,1-2H3. The highest BCUT2D eigenvalue weighted by Gasteiger charge is 2.26. The molecule has 4 nitrogen and oxygen atoms in total. The summed E-state index contributed by atoms with van der Waals surface area (Å²) in [4.78, 5) is 4.18. The van der Waals surface area contributed by atoms with Crippen LogP contribution in [-0.4, -0.2) is 24.3 Å². The van der Waals surface area contributed by atoms with E-state index in [-0.39, 0.29) is 6.54 Å². The first-order valence-corrected chi connectivity index (χ1v) is 9.16. The topological polar surface area (TPSA) is 50.3 Å². The van der Waals surface area contributed by atoms with Gasteiger partial charge in [0.2, 0.25) is 0 Å². The van der Waals surface area contributed by atoms with Crippen molar-refractivity contribution in [3.8, 4) is 0 Å². The van der Waals surface area contributed by atoms with Gasteiger partial charge in [-0.2, -0.15) is 4.31 Å². The van der Waals surface area contributed by atoms with Gasteiger partial charge >= 0.3 is 0 Å². The van der Waals surface area contributed by atoms with E-state index in [4.69, 9.17) is 0 Å². The van der Waals surface area contributed by atoms with Crippen molar-refractivity contribution in [1.82, 2.24) is 9.29 Å². The minimum absolute atomic E-state index is 0.286. The third kappa shape index (κ3) is 3.28. The van der Waals surface area contributed by atoms with Gasteiger partial charge in [-0.3, -0.25) is 4.98 Å². The Labute approximate surface area is 131 Å². The first kappa shape index (κ1) is 15.6. The summed E-state index contributed by atoms with van der Waals surface area (Å²) in [7, 11) is -3.47. The third-order valence-corrected chi connectivity index (χ3v) is 7.35. The van der Waals surface area contributed by atoms with Crippen molar-refractivity contribution in [3.63, 3.8) is 0 Å². The quantitative estimate of drug-likeness (QED) is 0.805. The third-order valence-electron chi connectivity index (χ3n) is 2.85. The van der Waals surface area contributed by atoms with Crippen molar-refractivity contribution in [2.45, 2.75) is 24.6 Å². The van der Waals surface area contributed by atoms with Gasteiger partial charge in [-0.1, -0.05) is 13.0 Å². The van der Waals surface area contributed by atoms with E-state index in [9.17, 15) is 8.42 Å². The van der Waals surface area contributed by atoms with Crippen molar-refractivity contribution < 1.29 is 8.42 Å². The van der Waals surface area contributed by atoms with Crippen LogP contribution in [0, 0.1) is 6.92 Å². The van der Waals surface area contributed by atoms with Gasteiger partial charge in [0.1, 0.15) is 4.21 Å². The lowest BCUT2D eigenvalue weighted by molar-refractivity contribution is 0.420. The second-order valence-corrected chi connectivity index (χ2v) is 8.81. The molecule has 0 N–H and O–H groups in total. The molecule has 0 saturated carbocycles. The molecule has 0 amide bonds. The highest BCUT2D eigenvalue weighted by atomic mass is 79.9. The van der Waals surface area contributed by atoms with Gasteiger partial charge in [0.25, 0.3) is 10.0 Å². The first-order valence-electron chi connectivity index (χ1n) is 6.11. The molecule has 0 aliphatic heterocycles. The van der Waals surface area contributed by atoms with Crippen LogP contribution in [-0.2, 0) is 16.6 Å². The van der Waals surface area contributed by atoms with Gasteiger partial charge in [0.05, 0.1) is 16.0 Å². The largest absolute Gasteiger partial charge is 0.260 e. The van der Waals surface area contributed by atoms with Gasteiger partial charge in [-0.15, -0.1) is 11.3 Å². The molecule has 0 fully saturated rings. The molecule has 2 aromatic rings. The molecular formula is C13H15BrN2O2S2. The Balaban J connectivity index is 2.30. The second kappa shape index (κ2) is 6.34. The van der Waals surface area contributed by atoms with Crippen LogP contribution in [0.25, 0.3) is 0 Å². The van der Waals surface area contributed by atoms with Gasteiger partial charge in [0.15, 0.2) is 0 Å². The van der Waals surface area contributed by atoms with Crippen molar-refractivity contribution in [3.05, 3.63) is 45.5 Å². The smallest absolute Gasteiger partial charge is 0.252 e. The number of aryl methyl sites for hydroxylation is 1. The molecule has 2 aromatic heterocycles. The van der Waals surface area contributed by atoms with E-state index < -0.39 is 10.0 Å². The van der Waals surface area contributed by atoms with Crippen LogP contribution in [0.3, 0.4) is 0 Å². The fraction of sp³-hybridized carbons (Fsp3) is 0.308. The zero-order chi connectivity index (χ0) is 14.8. The molecule has 0 spiro atoms. The maximum atomic E-state index is 12.6. The number of thiophene rings is 1. The van der Waals surface area contributed by atoms with Crippen LogP contribution >= 0.6 is 27.3 Å². The number of halogens is 1. The van der Waals surface area contributed by atoms with Crippen LogP contribution in [0.1, 0.15) is 18.2 Å². The Kier molecular flexibility index (Phi) is 4.95. The van der Waals surface area contributed by atoms with Crippen molar-refractivity contribution >= 4 is 37.3 Å². The average molecular weight is 375 g/mol. The van der Waals surface area contributed by atoms with Crippen LogP contribution in [0.2, 0.25) is 0 Å². The van der Waals surface area contributed by atoms with Gasteiger partial charge in [-0.25, -0.2) is 8.42 Å². The Morgan fingerprint density at radius 3 is 2.65 bits per heavy atom. The zero-order valence-corrected chi connectivity index (χ0v) is 14.4. The highest BCUT2D eigenvalue weighted by molar-refractivity contribution is 9.11. The second-order valence-electron chi connectivity index (χ2n) is 4.27. The number of hydrogen-bond donors (Lipinski definition) is 0. The summed E-state index contributed by atoms with van der Waals surface area (Å²) in [5, 5.41) is 0. The van der Waals surface area contributed by atoms with Crippen molar-refractivity contribution in [2.75, 3.05) is 6.54 Å². The van der Waals surface area contributed by atoms with E-state index in [1.165, 1.54) is 15.6 Å². The summed E-state index contributed by atoms with van der Waals surface area (Å²) in [6, 6.07) is 7.20. The van der Waals surface area contributed by atoms with Gasteiger partial charge < -0.3 is 0 Å². The summed E-state index contributed by atoms with van der Waals surface area (Å²) in [5.41, 5.74) is 1.67. The number of rotatable bonds is 5. The molecule has 20 heavy (non-hydrogen) atoms. The minimum Gasteiger partial charge on any atom is -0.260 e. The summed E-state index contributed by atoms with van der Waals surface area (Å²) >= 11 is 4.61. The zero-order valence-electron chi connectivity index (χ0n) is 11.2. The Hall–Kier alpha value is -0.760. The molecule has 0 aliphatic rings. The Morgan fingerprint density at radius 2 is 2.15 bits per heavy atom. The number of nitrogens with zero attached hydrogens (tertiary/aromatic N) is 2. The van der Waals surface area contributed by atoms with Crippen molar-refractivity contribution in [1.29, 1.82) is 0 Å². The molecule has 0 radical (unpaired) electrons. The number of aromatic nitrogens is 1. The van der Waals surface area contributed by atoms with Crippen LogP contribution in [0.5, 0.6) is 0 Å². The average Bonchev–Trinajstić information content (AvgIpc) is 2.78. The van der Waals surface area contributed by atoms with Gasteiger partial charge in [0, 0.05) is 12.7 Å². The number of pyridine rings is 1. The molecule has 108 valence electrons. The first-order chi connectivity index (χ1) is 9.45. The molecule has 0 bridgehead atoms. The normalized spacial score (nSPS) is 12.0. The summed E-state index contributed by atoms with van der Waals surface area (Å²) in [5.74, 6) is 0. The number of hydrogen-bond acceptors (Lipinski definition) is 4. The molecule has 2 rings (SSSR count). The lowest BCUT2D eigenvalue weighted by atomic mass is 10.3. The predicted molar refractivity (Wildman–Crippen MR) is 84.3 cm³/mol. The van der Waals surface area contributed by atoms with Crippen LogP contribution in [0.4, 0.5) is 0 Å². The minimum atomic E-state index is -3.47. The van der Waals surface area contributed by atoms with Crippen LogP contribution < -0.4 is 0 Å². The SMILES string of the molecule is CCN(Cc1ccccn1)S(=O)(=O)c1cc(C)c(Br)s1. The summed E-state index contributed by atoms with van der Waals surface area (Å²) < 4.78 is 27.9. The predicted octanol–water partition coefficient (Wildman–Crippen LogP) is 3.42. The maximum absolute atomic E-state index is 12.6. The Bertz CT molecular complexity index is 664.